The second-order valence-electron chi connectivity index (χ2n) is 7.76. The largest absolute Gasteiger partial charge is 0.491 e. The van der Waals surface area contributed by atoms with Crippen molar-refractivity contribution in [2.75, 3.05) is 13.2 Å². The van der Waals surface area contributed by atoms with Crippen molar-refractivity contribution in [2.45, 2.75) is 57.1 Å². The molecule has 2 N–H and O–H groups in total. The van der Waals surface area contributed by atoms with Gasteiger partial charge in [-0.05, 0) is 44.9 Å². The maximum atomic E-state index is 12.6. The Hall–Kier alpha value is -2.12. The summed E-state index contributed by atoms with van der Waals surface area (Å²) in [6.45, 7) is 4.67. The summed E-state index contributed by atoms with van der Waals surface area (Å²) < 4.78 is 17.3. The monoisotopic (exact) mass is 374 g/mol. The van der Waals surface area contributed by atoms with E-state index in [4.69, 9.17) is 14.2 Å². The van der Waals surface area contributed by atoms with E-state index in [0.717, 1.165) is 12.8 Å². The number of carbonyl (C=O) groups is 2. The predicted octanol–water partition coefficient (Wildman–Crippen LogP) is 1.26. The van der Waals surface area contributed by atoms with E-state index in [0.29, 0.717) is 24.5 Å². The van der Waals surface area contributed by atoms with E-state index in [2.05, 4.69) is 10.6 Å². The van der Waals surface area contributed by atoms with Crippen molar-refractivity contribution in [3.8, 4) is 5.75 Å². The summed E-state index contributed by atoms with van der Waals surface area (Å²) in [5.41, 5.74) is 0.535. The smallest absolute Gasteiger partial charge is 0.251 e. The first-order chi connectivity index (χ1) is 13.0. The number of rotatable bonds is 6. The van der Waals surface area contributed by atoms with Gasteiger partial charge in [-0.1, -0.05) is 6.07 Å². The Bertz CT molecular complexity index is 718. The van der Waals surface area contributed by atoms with Gasteiger partial charge in [-0.15, -0.1) is 0 Å². The second kappa shape index (κ2) is 7.48. The van der Waals surface area contributed by atoms with Crippen molar-refractivity contribution in [1.29, 1.82) is 0 Å². The van der Waals surface area contributed by atoms with Gasteiger partial charge < -0.3 is 24.8 Å². The molecule has 2 amide bonds. The topological polar surface area (TPSA) is 85.9 Å². The van der Waals surface area contributed by atoms with E-state index in [-0.39, 0.29) is 48.1 Å². The summed E-state index contributed by atoms with van der Waals surface area (Å²) in [4.78, 5) is 24.6. The van der Waals surface area contributed by atoms with Crippen LogP contribution in [-0.2, 0) is 14.3 Å². The SMILES string of the molecule is CC(C)Oc1cccc(C(=O)N[C@H]2CO[C@H]3[C@@H]2OC[C@@H]3NC(=O)C2CC2)c1. The summed E-state index contributed by atoms with van der Waals surface area (Å²) in [6, 6.07) is 6.74. The van der Waals surface area contributed by atoms with Gasteiger partial charge in [0.1, 0.15) is 18.0 Å². The van der Waals surface area contributed by atoms with E-state index in [1.54, 1.807) is 18.2 Å². The zero-order valence-electron chi connectivity index (χ0n) is 15.6. The molecule has 7 heteroatoms. The fourth-order valence-corrected chi connectivity index (χ4v) is 3.63. The van der Waals surface area contributed by atoms with Crippen LogP contribution in [0.25, 0.3) is 0 Å². The fourth-order valence-electron chi connectivity index (χ4n) is 3.63. The van der Waals surface area contributed by atoms with Gasteiger partial charge in [-0.3, -0.25) is 9.59 Å². The van der Waals surface area contributed by atoms with Crippen molar-refractivity contribution in [3.63, 3.8) is 0 Å². The molecule has 1 saturated carbocycles. The van der Waals surface area contributed by atoms with E-state index in [1.807, 2.05) is 19.9 Å². The van der Waals surface area contributed by atoms with E-state index >= 15 is 0 Å². The molecule has 0 bridgehead atoms. The number of nitrogens with one attached hydrogen (secondary N) is 2. The van der Waals surface area contributed by atoms with Gasteiger partial charge in [0, 0.05) is 11.5 Å². The van der Waals surface area contributed by atoms with Crippen LogP contribution in [0.4, 0.5) is 0 Å². The van der Waals surface area contributed by atoms with Crippen LogP contribution in [0.2, 0.25) is 0 Å². The molecule has 7 nitrogen and oxygen atoms in total. The lowest BCUT2D eigenvalue weighted by Crippen LogP contribution is -2.47. The van der Waals surface area contributed by atoms with Gasteiger partial charge in [0.25, 0.3) is 5.91 Å². The average Bonchev–Trinajstić information content (AvgIpc) is 3.31. The van der Waals surface area contributed by atoms with Crippen LogP contribution in [0.3, 0.4) is 0 Å². The lowest BCUT2D eigenvalue weighted by Gasteiger charge is -2.18. The Morgan fingerprint density at radius 1 is 1.07 bits per heavy atom. The third-order valence-electron chi connectivity index (χ3n) is 5.11. The first-order valence-corrected chi connectivity index (χ1v) is 9.62. The summed E-state index contributed by atoms with van der Waals surface area (Å²) >= 11 is 0. The highest BCUT2D eigenvalue weighted by molar-refractivity contribution is 5.94. The molecule has 0 spiro atoms. The fraction of sp³-hybridized carbons (Fsp3) is 0.600. The predicted molar refractivity (Wildman–Crippen MR) is 97.6 cm³/mol. The number of benzene rings is 1. The molecule has 1 aromatic rings. The Labute approximate surface area is 158 Å². The first-order valence-electron chi connectivity index (χ1n) is 9.62. The Morgan fingerprint density at radius 2 is 1.74 bits per heavy atom. The van der Waals surface area contributed by atoms with Crippen molar-refractivity contribution < 1.29 is 23.8 Å². The molecule has 0 unspecified atom stereocenters. The van der Waals surface area contributed by atoms with Gasteiger partial charge in [-0.25, -0.2) is 0 Å². The first kappa shape index (κ1) is 18.3. The highest BCUT2D eigenvalue weighted by atomic mass is 16.6. The highest BCUT2D eigenvalue weighted by Gasteiger charge is 2.49. The molecule has 3 aliphatic rings. The van der Waals surface area contributed by atoms with E-state index in [9.17, 15) is 9.59 Å². The minimum Gasteiger partial charge on any atom is -0.491 e. The average molecular weight is 374 g/mol. The summed E-state index contributed by atoms with van der Waals surface area (Å²) in [6.07, 6.45) is 1.52. The summed E-state index contributed by atoms with van der Waals surface area (Å²) in [5.74, 6) is 0.717. The van der Waals surface area contributed by atoms with Gasteiger partial charge in [0.05, 0.1) is 31.4 Å². The molecule has 3 fully saturated rings. The van der Waals surface area contributed by atoms with Crippen LogP contribution in [0.1, 0.15) is 37.0 Å². The van der Waals surface area contributed by atoms with E-state index in [1.165, 1.54) is 0 Å². The molecule has 0 radical (unpaired) electrons. The molecule has 2 aliphatic heterocycles. The Balaban J connectivity index is 1.35. The zero-order valence-corrected chi connectivity index (χ0v) is 15.6. The van der Waals surface area contributed by atoms with Crippen molar-refractivity contribution in [2.24, 2.45) is 5.92 Å². The lowest BCUT2D eigenvalue weighted by atomic mass is 10.1. The van der Waals surface area contributed by atoms with Crippen LogP contribution >= 0.6 is 0 Å². The van der Waals surface area contributed by atoms with Gasteiger partial charge >= 0.3 is 0 Å². The van der Waals surface area contributed by atoms with Crippen molar-refractivity contribution in [1.82, 2.24) is 10.6 Å². The minimum absolute atomic E-state index is 0.0435. The van der Waals surface area contributed by atoms with Crippen LogP contribution in [0.15, 0.2) is 24.3 Å². The lowest BCUT2D eigenvalue weighted by molar-refractivity contribution is -0.123. The molecule has 2 saturated heterocycles. The molecule has 27 heavy (non-hydrogen) atoms. The molecular weight excluding hydrogens is 348 g/mol. The number of fused-ring (bicyclic) bond motifs is 1. The molecule has 4 atom stereocenters. The standard InChI is InChI=1S/C20H26N2O5/c1-11(2)27-14-5-3-4-13(8-14)20(24)22-16-10-26-17-15(9-25-18(16)17)21-19(23)12-6-7-12/h3-5,8,11-12,15-18H,6-7,9-10H2,1-2H3,(H,21,23)(H,22,24)/t15-,16-,17+,18+/m0/s1. The van der Waals surface area contributed by atoms with Crippen molar-refractivity contribution >= 4 is 11.8 Å². The van der Waals surface area contributed by atoms with Crippen LogP contribution < -0.4 is 15.4 Å². The molecule has 146 valence electrons. The summed E-state index contributed by atoms with van der Waals surface area (Å²) in [5, 5.41) is 6.02. The van der Waals surface area contributed by atoms with Crippen LogP contribution in [0.5, 0.6) is 5.75 Å². The van der Waals surface area contributed by atoms with Crippen LogP contribution in [0, 0.1) is 5.92 Å². The van der Waals surface area contributed by atoms with E-state index < -0.39 is 0 Å². The van der Waals surface area contributed by atoms with Gasteiger partial charge in [0.15, 0.2) is 0 Å². The maximum absolute atomic E-state index is 12.6. The second-order valence-corrected chi connectivity index (χ2v) is 7.76. The molecule has 4 rings (SSSR count). The normalized spacial score (nSPS) is 29.4. The minimum atomic E-state index is -0.242. The quantitative estimate of drug-likeness (QED) is 0.783. The summed E-state index contributed by atoms with van der Waals surface area (Å²) in [7, 11) is 0. The number of hydrogen-bond acceptors (Lipinski definition) is 5. The number of amides is 2. The highest BCUT2D eigenvalue weighted by Crippen LogP contribution is 2.31. The zero-order chi connectivity index (χ0) is 19.0. The molecule has 2 heterocycles. The molecule has 1 aliphatic carbocycles. The van der Waals surface area contributed by atoms with Gasteiger partial charge in [0.2, 0.25) is 5.91 Å². The third kappa shape index (κ3) is 4.09. The van der Waals surface area contributed by atoms with Crippen LogP contribution in [-0.4, -0.2) is 55.4 Å². The molecule has 1 aromatic carbocycles. The number of ether oxygens (including phenoxy) is 3. The van der Waals surface area contributed by atoms with Crippen molar-refractivity contribution in [3.05, 3.63) is 29.8 Å². The van der Waals surface area contributed by atoms with Gasteiger partial charge in [-0.2, -0.15) is 0 Å². The Kier molecular flexibility index (Phi) is 5.06. The molecule has 0 aromatic heterocycles. The number of hydrogen-bond donors (Lipinski definition) is 2. The number of carbonyl (C=O) groups excluding carboxylic acids is 2. The molecular formula is C20H26N2O5. The third-order valence-corrected chi connectivity index (χ3v) is 5.11. The maximum Gasteiger partial charge on any atom is 0.251 e. The Morgan fingerprint density at radius 3 is 2.37 bits per heavy atom.